The number of fused-ring (bicyclic) bond motifs is 5. The van der Waals surface area contributed by atoms with Crippen LogP contribution in [0.25, 0.3) is 38.4 Å². The van der Waals surface area contributed by atoms with E-state index in [-0.39, 0.29) is 0 Å². The molecular formula is C21H16. The fourth-order valence-electron chi connectivity index (χ4n) is 3.45. The molecule has 4 aromatic rings. The molecule has 0 unspecified atom stereocenters. The first-order valence-corrected chi connectivity index (χ1v) is 7.26. The molecule has 0 aliphatic carbocycles. The fourth-order valence-corrected chi connectivity index (χ4v) is 3.45. The lowest BCUT2D eigenvalue weighted by Crippen LogP contribution is -1.89. The molecule has 100 valence electrons. The molecule has 21 heavy (non-hydrogen) atoms. The Morgan fingerprint density at radius 3 is 2.14 bits per heavy atom. The Labute approximate surface area is 124 Å². The van der Waals surface area contributed by atoms with Gasteiger partial charge in [0.25, 0.3) is 0 Å². The van der Waals surface area contributed by atoms with Gasteiger partial charge in [-0.3, -0.25) is 0 Å². The molecular weight excluding hydrogens is 252 g/mol. The van der Waals surface area contributed by atoms with Crippen LogP contribution in [0.15, 0.2) is 67.2 Å². The van der Waals surface area contributed by atoms with Gasteiger partial charge in [-0.05, 0) is 50.4 Å². The summed E-state index contributed by atoms with van der Waals surface area (Å²) in [5, 5.41) is 7.88. The van der Waals surface area contributed by atoms with Crippen LogP contribution in [0.1, 0.15) is 11.1 Å². The van der Waals surface area contributed by atoms with Crippen LogP contribution in [-0.4, -0.2) is 0 Å². The first-order chi connectivity index (χ1) is 10.3. The Morgan fingerprint density at radius 1 is 0.714 bits per heavy atom. The highest BCUT2D eigenvalue weighted by Gasteiger charge is 2.11. The monoisotopic (exact) mass is 268 g/mol. The third-order valence-electron chi connectivity index (χ3n) is 4.42. The summed E-state index contributed by atoms with van der Waals surface area (Å²) < 4.78 is 0. The van der Waals surface area contributed by atoms with Gasteiger partial charge in [0, 0.05) is 0 Å². The van der Waals surface area contributed by atoms with Crippen LogP contribution in [-0.2, 0) is 0 Å². The van der Waals surface area contributed by atoms with Gasteiger partial charge in [0.15, 0.2) is 0 Å². The van der Waals surface area contributed by atoms with Crippen molar-refractivity contribution in [3.63, 3.8) is 0 Å². The Balaban J connectivity index is 2.40. The maximum absolute atomic E-state index is 4.03. The highest BCUT2D eigenvalue weighted by atomic mass is 14.1. The molecule has 0 aliphatic heterocycles. The summed E-state index contributed by atoms with van der Waals surface area (Å²) in [6.45, 7) is 6.24. The Hall–Kier alpha value is -2.60. The van der Waals surface area contributed by atoms with Crippen molar-refractivity contribution < 1.29 is 0 Å². The van der Waals surface area contributed by atoms with Crippen molar-refractivity contribution >= 4 is 38.4 Å². The van der Waals surface area contributed by atoms with Crippen molar-refractivity contribution in [2.24, 2.45) is 0 Å². The fraction of sp³-hybridized carbons (Fsp3) is 0.0476. The van der Waals surface area contributed by atoms with Crippen molar-refractivity contribution in [3.8, 4) is 0 Å². The largest absolute Gasteiger partial charge is 0.0984 e. The van der Waals surface area contributed by atoms with E-state index in [1.165, 1.54) is 43.4 Å². The molecule has 0 radical (unpaired) electrons. The second-order valence-corrected chi connectivity index (χ2v) is 5.50. The van der Waals surface area contributed by atoms with Crippen LogP contribution in [0.2, 0.25) is 0 Å². The topological polar surface area (TPSA) is 0 Å². The zero-order valence-corrected chi connectivity index (χ0v) is 12.1. The molecule has 0 atom stereocenters. The van der Waals surface area contributed by atoms with Crippen molar-refractivity contribution in [1.82, 2.24) is 0 Å². The molecule has 0 aromatic heterocycles. The minimum absolute atomic E-state index is 1.24. The normalized spacial score (nSPS) is 11.3. The van der Waals surface area contributed by atoms with Gasteiger partial charge in [-0.1, -0.05) is 73.3 Å². The van der Waals surface area contributed by atoms with Crippen molar-refractivity contribution in [2.45, 2.75) is 6.92 Å². The zero-order chi connectivity index (χ0) is 14.4. The van der Waals surface area contributed by atoms with Gasteiger partial charge in [0.2, 0.25) is 0 Å². The van der Waals surface area contributed by atoms with Crippen LogP contribution in [0.5, 0.6) is 0 Å². The van der Waals surface area contributed by atoms with E-state index in [9.17, 15) is 0 Å². The molecule has 0 aliphatic rings. The van der Waals surface area contributed by atoms with E-state index in [2.05, 4.69) is 74.2 Å². The highest BCUT2D eigenvalue weighted by molar-refractivity contribution is 6.20. The summed E-state index contributed by atoms with van der Waals surface area (Å²) in [6.07, 6.45) is 1.98. The number of hydrogen-bond acceptors (Lipinski definition) is 0. The molecule has 4 rings (SSSR count). The van der Waals surface area contributed by atoms with Crippen molar-refractivity contribution in [1.29, 1.82) is 0 Å². The zero-order valence-electron chi connectivity index (χ0n) is 12.1. The third-order valence-corrected chi connectivity index (χ3v) is 4.42. The second kappa shape index (κ2) is 4.46. The minimum Gasteiger partial charge on any atom is -0.0984 e. The van der Waals surface area contributed by atoms with Crippen LogP contribution in [0.3, 0.4) is 0 Å². The molecule has 0 spiro atoms. The summed E-state index contributed by atoms with van der Waals surface area (Å²) in [7, 11) is 0. The highest BCUT2D eigenvalue weighted by Crippen LogP contribution is 2.37. The van der Waals surface area contributed by atoms with Gasteiger partial charge in [-0.2, -0.15) is 0 Å². The van der Waals surface area contributed by atoms with E-state index < -0.39 is 0 Å². The predicted octanol–water partition coefficient (Wildman–Crippen LogP) is 6.10. The molecule has 0 N–H and O–H groups in total. The average molecular weight is 268 g/mol. The lowest BCUT2D eigenvalue weighted by atomic mass is 9.89. The van der Waals surface area contributed by atoms with Crippen LogP contribution in [0.4, 0.5) is 0 Å². The van der Waals surface area contributed by atoms with Gasteiger partial charge in [-0.15, -0.1) is 0 Å². The van der Waals surface area contributed by atoms with Crippen molar-refractivity contribution in [3.05, 3.63) is 78.4 Å². The molecule has 0 bridgehead atoms. The summed E-state index contributed by atoms with van der Waals surface area (Å²) in [5.74, 6) is 0. The van der Waals surface area contributed by atoms with E-state index in [1.54, 1.807) is 0 Å². The quantitative estimate of drug-likeness (QED) is 0.366. The molecule has 0 saturated carbocycles. The summed E-state index contributed by atoms with van der Waals surface area (Å²) in [5.41, 5.74) is 2.56. The van der Waals surface area contributed by atoms with Crippen molar-refractivity contribution in [2.75, 3.05) is 0 Å². The predicted molar refractivity (Wildman–Crippen MR) is 93.8 cm³/mol. The first kappa shape index (κ1) is 12.2. The number of hydrogen-bond donors (Lipinski definition) is 0. The number of aryl methyl sites for hydroxylation is 1. The van der Waals surface area contributed by atoms with Crippen LogP contribution in [0, 0.1) is 6.92 Å². The van der Waals surface area contributed by atoms with Gasteiger partial charge >= 0.3 is 0 Å². The maximum Gasteiger partial charge on any atom is -0.00637 e. The Bertz CT molecular complexity index is 1010. The lowest BCUT2D eigenvalue weighted by molar-refractivity contribution is 1.54. The average Bonchev–Trinajstić information content (AvgIpc) is 2.54. The molecule has 0 heteroatoms. The van der Waals surface area contributed by atoms with Gasteiger partial charge < -0.3 is 0 Å². The van der Waals surface area contributed by atoms with Gasteiger partial charge in [-0.25, -0.2) is 0 Å². The maximum atomic E-state index is 4.03. The molecule has 0 nitrogen and oxygen atoms in total. The van der Waals surface area contributed by atoms with Crippen LogP contribution < -0.4 is 0 Å². The van der Waals surface area contributed by atoms with E-state index >= 15 is 0 Å². The smallest absolute Gasteiger partial charge is 0.00637 e. The molecule has 0 amide bonds. The summed E-state index contributed by atoms with van der Waals surface area (Å²) in [4.78, 5) is 0. The standard InChI is InChI=1S/C21H16/c1-3-16-14(2)21-17-9-5-4-8-15(17)12-13-20(21)19-11-7-6-10-18(16)19/h3-13H,1H2,2H3. The molecule has 0 fully saturated rings. The van der Waals surface area contributed by atoms with E-state index in [0.717, 1.165) is 0 Å². The lowest BCUT2D eigenvalue weighted by Gasteiger charge is -2.14. The second-order valence-electron chi connectivity index (χ2n) is 5.50. The molecule has 4 aromatic carbocycles. The third kappa shape index (κ3) is 1.62. The SMILES string of the molecule is C=Cc1c(C)c2c3ccccc3ccc2c2ccccc12. The van der Waals surface area contributed by atoms with E-state index in [0.29, 0.717) is 0 Å². The molecule has 0 saturated heterocycles. The summed E-state index contributed by atoms with van der Waals surface area (Å²) in [6, 6.07) is 21.7. The van der Waals surface area contributed by atoms with E-state index in [1.807, 2.05) is 6.08 Å². The summed E-state index contributed by atoms with van der Waals surface area (Å²) >= 11 is 0. The van der Waals surface area contributed by atoms with Gasteiger partial charge in [0.1, 0.15) is 0 Å². The Morgan fingerprint density at radius 2 is 1.38 bits per heavy atom. The number of benzene rings is 4. The van der Waals surface area contributed by atoms with Crippen LogP contribution >= 0.6 is 0 Å². The first-order valence-electron chi connectivity index (χ1n) is 7.26. The van der Waals surface area contributed by atoms with E-state index in [4.69, 9.17) is 0 Å². The minimum atomic E-state index is 1.24. The molecule has 0 heterocycles. The number of rotatable bonds is 1. The Kier molecular flexibility index (Phi) is 2.58. The van der Waals surface area contributed by atoms with Gasteiger partial charge in [0.05, 0.1) is 0 Å².